The highest BCUT2D eigenvalue weighted by atomic mass is 16.5. The molecule has 0 bridgehead atoms. The Morgan fingerprint density at radius 1 is 1.50 bits per heavy atom. The van der Waals surface area contributed by atoms with E-state index >= 15 is 0 Å². The Bertz CT molecular complexity index is 335. The number of esters is 1. The van der Waals surface area contributed by atoms with Crippen molar-refractivity contribution in [2.24, 2.45) is 0 Å². The molecule has 102 valence electrons. The minimum absolute atomic E-state index is 0.117. The van der Waals surface area contributed by atoms with Gasteiger partial charge in [0.2, 0.25) is 5.91 Å². The average Bonchev–Trinajstić information content (AvgIpc) is 2.70. The van der Waals surface area contributed by atoms with Gasteiger partial charge in [0, 0.05) is 33.2 Å². The van der Waals surface area contributed by atoms with E-state index in [9.17, 15) is 9.59 Å². The fraction of sp³-hybridized carbons (Fsp3) is 0.833. The maximum Gasteiger partial charge on any atom is 0.324 e. The Morgan fingerprint density at radius 3 is 2.89 bits per heavy atom. The van der Waals surface area contributed by atoms with Crippen LogP contribution in [0.25, 0.3) is 0 Å². The normalized spacial score (nSPS) is 29.7. The summed E-state index contributed by atoms with van der Waals surface area (Å²) in [5.41, 5.74) is 0. The zero-order valence-corrected chi connectivity index (χ0v) is 11.0. The minimum atomic E-state index is -0.334. The molecule has 2 atom stereocenters. The van der Waals surface area contributed by atoms with Crippen molar-refractivity contribution in [3.63, 3.8) is 0 Å². The standard InChI is InChI=1S/C12H21N3O3/c1-3-18-12(17)10-8-13-5-7-15(10)9-4-6-14(2)11(9)16/h9-10,13H,3-8H2,1-2H3. The Balaban J connectivity index is 2.08. The van der Waals surface area contributed by atoms with Crippen LogP contribution < -0.4 is 5.32 Å². The summed E-state index contributed by atoms with van der Waals surface area (Å²) in [6.07, 6.45) is 0.797. The number of likely N-dealkylation sites (N-methyl/N-ethyl adjacent to an activating group) is 1. The van der Waals surface area contributed by atoms with E-state index in [2.05, 4.69) is 5.32 Å². The van der Waals surface area contributed by atoms with Crippen LogP contribution in [-0.4, -0.2) is 73.6 Å². The molecule has 0 spiro atoms. The van der Waals surface area contributed by atoms with Crippen LogP contribution in [0.1, 0.15) is 13.3 Å². The molecule has 6 heteroatoms. The Hall–Kier alpha value is -1.14. The molecule has 2 aliphatic rings. The van der Waals surface area contributed by atoms with E-state index in [0.29, 0.717) is 19.7 Å². The lowest BCUT2D eigenvalue weighted by atomic mass is 10.1. The van der Waals surface area contributed by atoms with Crippen LogP contribution in [0.15, 0.2) is 0 Å². The van der Waals surface area contributed by atoms with E-state index in [1.807, 2.05) is 11.9 Å². The SMILES string of the molecule is CCOC(=O)C1CNCCN1C1CCN(C)C1=O. The highest BCUT2D eigenvalue weighted by Crippen LogP contribution is 2.20. The van der Waals surface area contributed by atoms with E-state index < -0.39 is 0 Å². The third-order valence-corrected chi connectivity index (χ3v) is 3.64. The van der Waals surface area contributed by atoms with Gasteiger partial charge in [0.15, 0.2) is 0 Å². The Kier molecular flexibility index (Phi) is 4.19. The Labute approximate surface area is 107 Å². The molecule has 0 aromatic carbocycles. The lowest BCUT2D eigenvalue weighted by Crippen LogP contribution is -2.60. The third-order valence-electron chi connectivity index (χ3n) is 3.64. The number of carbonyl (C=O) groups is 2. The first-order valence-corrected chi connectivity index (χ1v) is 6.53. The Morgan fingerprint density at radius 2 is 2.28 bits per heavy atom. The number of hydrogen-bond donors (Lipinski definition) is 1. The topological polar surface area (TPSA) is 61.9 Å². The van der Waals surface area contributed by atoms with E-state index in [1.54, 1.807) is 11.8 Å². The largest absolute Gasteiger partial charge is 0.465 e. The molecule has 0 aromatic rings. The van der Waals surface area contributed by atoms with Crippen LogP contribution in [0.4, 0.5) is 0 Å². The summed E-state index contributed by atoms with van der Waals surface area (Å²) in [7, 11) is 1.81. The van der Waals surface area contributed by atoms with Crippen LogP contribution in [-0.2, 0) is 14.3 Å². The number of nitrogens with one attached hydrogen (secondary N) is 1. The van der Waals surface area contributed by atoms with Gasteiger partial charge in [-0.3, -0.25) is 14.5 Å². The van der Waals surface area contributed by atoms with Gasteiger partial charge < -0.3 is 15.0 Å². The lowest BCUT2D eigenvalue weighted by molar-refractivity contribution is -0.152. The molecular formula is C12H21N3O3. The van der Waals surface area contributed by atoms with Gasteiger partial charge in [0.1, 0.15) is 6.04 Å². The molecule has 2 saturated heterocycles. The van der Waals surface area contributed by atoms with Gasteiger partial charge in [-0.1, -0.05) is 0 Å². The van der Waals surface area contributed by atoms with Crippen molar-refractivity contribution in [2.75, 3.05) is 39.8 Å². The molecule has 1 N–H and O–H groups in total. The number of hydrogen-bond acceptors (Lipinski definition) is 5. The van der Waals surface area contributed by atoms with E-state index in [-0.39, 0.29) is 24.0 Å². The number of likely N-dealkylation sites (tertiary alicyclic amines) is 1. The summed E-state index contributed by atoms with van der Waals surface area (Å²) in [5, 5.41) is 3.19. The first-order chi connectivity index (χ1) is 8.65. The molecule has 2 fully saturated rings. The average molecular weight is 255 g/mol. The van der Waals surface area contributed by atoms with E-state index in [1.165, 1.54) is 0 Å². The fourth-order valence-corrected chi connectivity index (χ4v) is 2.66. The van der Waals surface area contributed by atoms with Crippen molar-refractivity contribution in [3.05, 3.63) is 0 Å². The van der Waals surface area contributed by atoms with Crippen molar-refractivity contribution in [1.82, 2.24) is 15.1 Å². The first-order valence-electron chi connectivity index (χ1n) is 6.53. The van der Waals surface area contributed by atoms with Gasteiger partial charge in [0.25, 0.3) is 0 Å². The van der Waals surface area contributed by atoms with Gasteiger partial charge in [-0.25, -0.2) is 0 Å². The van der Waals surface area contributed by atoms with Crippen LogP contribution >= 0.6 is 0 Å². The maximum atomic E-state index is 12.0. The predicted octanol–water partition coefficient (Wildman–Crippen LogP) is -0.946. The van der Waals surface area contributed by atoms with Gasteiger partial charge in [-0.2, -0.15) is 0 Å². The number of nitrogens with zero attached hydrogens (tertiary/aromatic N) is 2. The van der Waals surface area contributed by atoms with Crippen LogP contribution in [0.5, 0.6) is 0 Å². The predicted molar refractivity (Wildman–Crippen MR) is 66.0 cm³/mol. The second-order valence-electron chi connectivity index (χ2n) is 4.77. The van der Waals surface area contributed by atoms with Crippen molar-refractivity contribution < 1.29 is 14.3 Å². The number of amides is 1. The number of carbonyl (C=O) groups excluding carboxylic acids is 2. The summed E-state index contributed by atoms with van der Waals surface area (Å²) in [4.78, 5) is 27.7. The second-order valence-corrected chi connectivity index (χ2v) is 4.77. The fourth-order valence-electron chi connectivity index (χ4n) is 2.66. The molecular weight excluding hydrogens is 234 g/mol. The van der Waals surface area contributed by atoms with Crippen molar-refractivity contribution >= 4 is 11.9 Å². The molecule has 2 unspecified atom stereocenters. The first kappa shape index (κ1) is 13.3. The maximum absolute atomic E-state index is 12.0. The molecule has 0 saturated carbocycles. The molecule has 0 aliphatic carbocycles. The zero-order chi connectivity index (χ0) is 13.1. The van der Waals surface area contributed by atoms with Crippen LogP contribution in [0.2, 0.25) is 0 Å². The summed E-state index contributed by atoms with van der Waals surface area (Å²) in [6, 6.07) is -0.495. The minimum Gasteiger partial charge on any atom is -0.465 e. The molecule has 0 radical (unpaired) electrons. The third kappa shape index (κ3) is 2.49. The quantitative estimate of drug-likeness (QED) is 0.659. The second kappa shape index (κ2) is 5.67. The molecule has 2 heterocycles. The molecule has 0 aromatic heterocycles. The zero-order valence-electron chi connectivity index (χ0n) is 11.0. The van der Waals surface area contributed by atoms with E-state index in [0.717, 1.165) is 19.5 Å². The van der Waals surface area contributed by atoms with E-state index in [4.69, 9.17) is 4.74 Å². The molecule has 2 aliphatic heterocycles. The number of ether oxygens (including phenoxy) is 1. The molecule has 2 rings (SSSR count). The van der Waals surface area contributed by atoms with Gasteiger partial charge in [-0.15, -0.1) is 0 Å². The van der Waals surface area contributed by atoms with Gasteiger partial charge in [0.05, 0.1) is 12.6 Å². The number of rotatable bonds is 3. The molecule has 1 amide bonds. The summed E-state index contributed by atoms with van der Waals surface area (Å²) in [6.45, 7) is 5.03. The van der Waals surface area contributed by atoms with Crippen LogP contribution in [0.3, 0.4) is 0 Å². The van der Waals surface area contributed by atoms with Crippen molar-refractivity contribution in [1.29, 1.82) is 0 Å². The smallest absolute Gasteiger partial charge is 0.324 e. The summed E-state index contributed by atoms with van der Waals surface area (Å²) < 4.78 is 5.09. The van der Waals surface area contributed by atoms with Crippen molar-refractivity contribution in [3.8, 4) is 0 Å². The van der Waals surface area contributed by atoms with Crippen LogP contribution in [0, 0.1) is 0 Å². The summed E-state index contributed by atoms with van der Waals surface area (Å²) in [5.74, 6) is -0.113. The van der Waals surface area contributed by atoms with Gasteiger partial charge >= 0.3 is 5.97 Å². The highest BCUT2D eigenvalue weighted by Gasteiger charge is 2.41. The molecule has 18 heavy (non-hydrogen) atoms. The van der Waals surface area contributed by atoms with Crippen molar-refractivity contribution in [2.45, 2.75) is 25.4 Å². The highest BCUT2D eigenvalue weighted by molar-refractivity contribution is 5.85. The van der Waals surface area contributed by atoms with Gasteiger partial charge in [-0.05, 0) is 13.3 Å². The lowest BCUT2D eigenvalue weighted by Gasteiger charge is -2.37. The molecule has 6 nitrogen and oxygen atoms in total. The summed E-state index contributed by atoms with van der Waals surface area (Å²) >= 11 is 0. The number of piperazine rings is 1. The monoisotopic (exact) mass is 255 g/mol.